The third kappa shape index (κ3) is 1.86. The summed E-state index contributed by atoms with van der Waals surface area (Å²) in [5.41, 5.74) is -0.460. The summed E-state index contributed by atoms with van der Waals surface area (Å²) in [6.45, 7) is 0. The average Bonchev–Trinajstić information content (AvgIpc) is 2.86. The van der Waals surface area contributed by atoms with Gasteiger partial charge in [0.2, 0.25) is 0 Å². The van der Waals surface area contributed by atoms with E-state index in [-0.39, 0.29) is 23.7 Å². The van der Waals surface area contributed by atoms with E-state index in [9.17, 15) is 13.9 Å². The van der Waals surface area contributed by atoms with Crippen molar-refractivity contribution in [3.63, 3.8) is 0 Å². The van der Waals surface area contributed by atoms with Crippen LogP contribution in [0.4, 0.5) is 8.78 Å². The Morgan fingerprint density at radius 3 is 2.40 bits per heavy atom. The lowest BCUT2D eigenvalue weighted by Gasteiger charge is -2.36. The Morgan fingerprint density at radius 1 is 1.05 bits per heavy atom. The number of fused-ring (bicyclic) bond motifs is 3. The molecule has 20 heavy (non-hydrogen) atoms. The summed E-state index contributed by atoms with van der Waals surface area (Å²) in [6, 6.07) is 4.48. The first kappa shape index (κ1) is 12.3. The molecule has 2 atom stereocenters. The Hall–Kier alpha value is -1.40. The first-order valence-electron chi connectivity index (χ1n) is 6.72. The third-order valence-corrected chi connectivity index (χ3v) is 4.26. The van der Waals surface area contributed by atoms with E-state index < -0.39 is 11.9 Å². The van der Waals surface area contributed by atoms with Gasteiger partial charge in [0.15, 0.2) is 11.5 Å². The predicted octanol–water partition coefficient (Wildman–Crippen LogP) is 2.54. The van der Waals surface area contributed by atoms with Gasteiger partial charge in [-0.05, 0) is 30.5 Å². The molecule has 108 valence electrons. The number of alkyl halides is 2. The van der Waals surface area contributed by atoms with Crippen LogP contribution in [0.1, 0.15) is 31.2 Å². The van der Waals surface area contributed by atoms with Crippen molar-refractivity contribution in [1.82, 2.24) is 0 Å². The van der Waals surface area contributed by atoms with Crippen LogP contribution in [-0.2, 0) is 10.3 Å². The number of hydrogen-bond acceptors (Lipinski definition) is 4. The second-order valence-corrected chi connectivity index (χ2v) is 5.73. The van der Waals surface area contributed by atoms with Gasteiger partial charge < -0.3 is 19.3 Å². The Kier molecular flexibility index (Phi) is 2.36. The molecule has 1 N–H and O–H groups in total. The number of aliphatic hydroxyl groups is 1. The fraction of sp³-hybridized carbons (Fsp3) is 0.571. The molecule has 3 heterocycles. The second-order valence-electron chi connectivity index (χ2n) is 5.73. The van der Waals surface area contributed by atoms with Gasteiger partial charge in [0.1, 0.15) is 0 Å². The number of hydrogen-bond donors (Lipinski definition) is 1. The van der Waals surface area contributed by atoms with E-state index in [1.54, 1.807) is 6.07 Å². The van der Waals surface area contributed by atoms with E-state index in [1.807, 2.05) is 0 Å². The van der Waals surface area contributed by atoms with Gasteiger partial charge in [-0.15, -0.1) is 8.78 Å². The molecule has 3 aliphatic heterocycles. The average molecular weight is 284 g/mol. The molecule has 0 aromatic heterocycles. The van der Waals surface area contributed by atoms with Gasteiger partial charge in [-0.1, -0.05) is 6.07 Å². The fourth-order valence-electron chi connectivity index (χ4n) is 3.39. The van der Waals surface area contributed by atoms with Gasteiger partial charge in [-0.25, -0.2) is 0 Å². The van der Waals surface area contributed by atoms with Gasteiger partial charge in [-0.3, -0.25) is 0 Å². The van der Waals surface area contributed by atoms with Gasteiger partial charge in [0.05, 0.1) is 17.8 Å². The molecular weight excluding hydrogens is 270 g/mol. The lowest BCUT2D eigenvalue weighted by molar-refractivity contribution is -0.286. The SMILES string of the molecule is OC1(c2ccc3c(c2)OC(F)(F)O3)CC2CCC(C1)O2. The zero-order valence-electron chi connectivity index (χ0n) is 10.6. The van der Waals surface area contributed by atoms with Crippen LogP contribution in [0.5, 0.6) is 11.5 Å². The summed E-state index contributed by atoms with van der Waals surface area (Å²) in [5, 5.41) is 10.8. The van der Waals surface area contributed by atoms with Crippen molar-refractivity contribution in [2.24, 2.45) is 0 Å². The van der Waals surface area contributed by atoms with Crippen molar-refractivity contribution >= 4 is 0 Å². The summed E-state index contributed by atoms with van der Waals surface area (Å²) in [6.07, 6.45) is -0.682. The Morgan fingerprint density at radius 2 is 1.70 bits per heavy atom. The highest BCUT2D eigenvalue weighted by Gasteiger charge is 2.47. The van der Waals surface area contributed by atoms with E-state index in [1.165, 1.54) is 12.1 Å². The van der Waals surface area contributed by atoms with Gasteiger partial charge in [-0.2, -0.15) is 0 Å². The maximum atomic E-state index is 13.0. The van der Waals surface area contributed by atoms with Crippen LogP contribution in [0.15, 0.2) is 18.2 Å². The molecule has 6 heteroatoms. The van der Waals surface area contributed by atoms with Crippen molar-refractivity contribution in [3.8, 4) is 11.5 Å². The largest absolute Gasteiger partial charge is 0.586 e. The van der Waals surface area contributed by atoms with Crippen molar-refractivity contribution < 1.29 is 28.1 Å². The summed E-state index contributed by atoms with van der Waals surface area (Å²) in [7, 11) is 0. The Bertz CT molecular complexity index is 548. The molecule has 0 radical (unpaired) electrons. The molecule has 0 spiro atoms. The minimum atomic E-state index is -3.63. The van der Waals surface area contributed by atoms with E-state index in [0.717, 1.165) is 12.8 Å². The van der Waals surface area contributed by atoms with Crippen molar-refractivity contribution in [2.75, 3.05) is 0 Å². The molecule has 4 nitrogen and oxygen atoms in total. The highest BCUT2D eigenvalue weighted by molar-refractivity contribution is 5.46. The summed E-state index contributed by atoms with van der Waals surface area (Å²) in [5.74, 6) is -0.0304. The Labute approximate surface area is 114 Å². The van der Waals surface area contributed by atoms with Crippen molar-refractivity contribution in [1.29, 1.82) is 0 Å². The summed E-state index contributed by atoms with van der Waals surface area (Å²) < 4.78 is 40.5. The van der Waals surface area contributed by atoms with Crippen LogP contribution >= 0.6 is 0 Å². The molecular formula is C14H14F2O4. The molecule has 1 aromatic rings. The first-order chi connectivity index (χ1) is 9.44. The highest BCUT2D eigenvalue weighted by Crippen LogP contribution is 2.47. The van der Waals surface area contributed by atoms with E-state index in [4.69, 9.17) is 4.74 Å². The minimum absolute atomic E-state index is 0.00242. The lowest BCUT2D eigenvalue weighted by Crippen LogP contribution is -2.38. The van der Waals surface area contributed by atoms with E-state index >= 15 is 0 Å². The van der Waals surface area contributed by atoms with Crippen LogP contribution in [0, 0.1) is 0 Å². The number of benzene rings is 1. The Balaban J connectivity index is 1.67. The smallest absolute Gasteiger partial charge is 0.395 e. The molecule has 0 amide bonds. The quantitative estimate of drug-likeness (QED) is 0.861. The normalized spacial score (nSPS) is 37.1. The van der Waals surface area contributed by atoms with Crippen molar-refractivity contribution in [3.05, 3.63) is 23.8 Å². The lowest BCUT2D eigenvalue weighted by atomic mass is 9.83. The number of halogens is 2. The zero-order valence-corrected chi connectivity index (χ0v) is 10.6. The molecule has 2 unspecified atom stereocenters. The molecule has 3 aliphatic rings. The summed E-state index contributed by atoms with van der Waals surface area (Å²) >= 11 is 0. The zero-order chi connectivity index (χ0) is 14.0. The topological polar surface area (TPSA) is 47.9 Å². The van der Waals surface area contributed by atoms with E-state index in [2.05, 4.69) is 9.47 Å². The molecule has 1 aromatic carbocycles. The monoisotopic (exact) mass is 284 g/mol. The maximum Gasteiger partial charge on any atom is 0.586 e. The molecule has 4 rings (SSSR count). The molecule has 2 bridgehead atoms. The van der Waals surface area contributed by atoms with Crippen molar-refractivity contribution in [2.45, 2.75) is 49.8 Å². The summed E-state index contributed by atoms with van der Waals surface area (Å²) in [4.78, 5) is 0. The van der Waals surface area contributed by atoms with Gasteiger partial charge in [0, 0.05) is 12.8 Å². The maximum absolute atomic E-state index is 13.0. The van der Waals surface area contributed by atoms with Crippen LogP contribution in [0.2, 0.25) is 0 Å². The number of ether oxygens (including phenoxy) is 3. The van der Waals surface area contributed by atoms with Crippen LogP contribution in [0.25, 0.3) is 0 Å². The molecule has 0 aliphatic carbocycles. The predicted molar refractivity (Wildman–Crippen MR) is 63.7 cm³/mol. The van der Waals surface area contributed by atoms with Crippen LogP contribution in [0.3, 0.4) is 0 Å². The minimum Gasteiger partial charge on any atom is -0.395 e. The molecule has 0 saturated carbocycles. The third-order valence-electron chi connectivity index (χ3n) is 4.26. The first-order valence-corrected chi connectivity index (χ1v) is 6.72. The van der Waals surface area contributed by atoms with Gasteiger partial charge >= 0.3 is 6.29 Å². The fourth-order valence-corrected chi connectivity index (χ4v) is 3.39. The van der Waals surface area contributed by atoms with Crippen LogP contribution < -0.4 is 9.47 Å². The standard InChI is InChI=1S/C14H14F2O4/c15-14(16)19-11-4-1-8(5-12(11)20-14)13(17)6-9-2-3-10(7-13)18-9/h1,4-5,9-10,17H,2-3,6-7H2. The number of rotatable bonds is 1. The van der Waals surface area contributed by atoms with Crippen LogP contribution in [-0.4, -0.2) is 23.6 Å². The van der Waals surface area contributed by atoms with E-state index in [0.29, 0.717) is 18.4 Å². The highest BCUT2D eigenvalue weighted by atomic mass is 19.3. The molecule has 2 fully saturated rings. The second kappa shape index (κ2) is 3.83. The van der Waals surface area contributed by atoms with Gasteiger partial charge in [0.25, 0.3) is 0 Å². The molecule has 2 saturated heterocycles.